The summed E-state index contributed by atoms with van der Waals surface area (Å²) in [5.74, 6) is -0.353. The zero-order valence-corrected chi connectivity index (χ0v) is 13.3. The number of carbonyl (C=O) groups excluding carboxylic acids is 2. The molecule has 2 aromatic carbocycles. The highest BCUT2D eigenvalue weighted by atomic mass is 16.2. The summed E-state index contributed by atoms with van der Waals surface area (Å²) in [7, 11) is 0. The third-order valence-corrected chi connectivity index (χ3v) is 3.44. The number of carbonyl (C=O) groups is 2. The highest BCUT2D eigenvalue weighted by molar-refractivity contribution is 6.05. The second-order valence-electron chi connectivity index (χ2n) is 5.48. The molecule has 0 aliphatic heterocycles. The van der Waals surface area contributed by atoms with Crippen LogP contribution in [0.3, 0.4) is 0 Å². The lowest BCUT2D eigenvalue weighted by molar-refractivity contribution is -0.114. The van der Waals surface area contributed by atoms with E-state index in [9.17, 15) is 9.59 Å². The summed E-state index contributed by atoms with van der Waals surface area (Å²) in [5, 5.41) is 5.63. The quantitative estimate of drug-likeness (QED) is 0.904. The number of rotatable bonds is 3. The number of amides is 2. The molecule has 4 nitrogen and oxygen atoms in total. The van der Waals surface area contributed by atoms with Crippen molar-refractivity contribution < 1.29 is 9.59 Å². The Hall–Kier alpha value is -2.62. The zero-order chi connectivity index (χ0) is 16.3. The van der Waals surface area contributed by atoms with Crippen molar-refractivity contribution >= 4 is 23.2 Å². The van der Waals surface area contributed by atoms with Crippen molar-refractivity contribution in [2.45, 2.75) is 27.7 Å². The van der Waals surface area contributed by atoms with Crippen molar-refractivity contribution in [3.8, 4) is 0 Å². The van der Waals surface area contributed by atoms with Crippen LogP contribution in [-0.4, -0.2) is 11.8 Å². The number of nitrogens with one attached hydrogen (secondary N) is 2. The maximum Gasteiger partial charge on any atom is 0.255 e. The highest BCUT2D eigenvalue weighted by Crippen LogP contribution is 2.20. The van der Waals surface area contributed by atoms with Gasteiger partial charge in [-0.15, -0.1) is 0 Å². The Bertz CT molecular complexity index is 736. The Morgan fingerprint density at radius 2 is 1.55 bits per heavy atom. The normalized spacial score (nSPS) is 10.2. The Labute approximate surface area is 130 Å². The Morgan fingerprint density at radius 3 is 2.18 bits per heavy atom. The fourth-order valence-electron chi connectivity index (χ4n) is 2.24. The molecule has 114 valence electrons. The molecule has 2 N–H and O–H groups in total. The van der Waals surface area contributed by atoms with Gasteiger partial charge in [-0.25, -0.2) is 0 Å². The topological polar surface area (TPSA) is 58.2 Å². The van der Waals surface area contributed by atoms with Crippen molar-refractivity contribution in [1.29, 1.82) is 0 Å². The molecule has 0 heterocycles. The molecule has 0 aliphatic rings. The predicted octanol–water partition coefficient (Wildman–Crippen LogP) is 3.82. The van der Waals surface area contributed by atoms with Gasteiger partial charge in [-0.05, 0) is 50.1 Å². The molecule has 0 saturated carbocycles. The second kappa shape index (κ2) is 6.43. The Balaban J connectivity index is 2.24. The van der Waals surface area contributed by atoms with Crippen LogP contribution in [0.5, 0.6) is 0 Å². The van der Waals surface area contributed by atoms with Gasteiger partial charge >= 0.3 is 0 Å². The van der Waals surface area contributed by atoms with Gasteiger partial charge in [0.25, 0.3) is 5.91 Å². The van der Waals surface area contributed by atoms with Gasteiger partial charge in [0.15, 0.2) is 0 Å². The minimum atomic E-state index is -0.196. The van der Waals surface area contributed by atoms with Gasteiger partial charge < -0.3 is 10.6 Å². The largest absolute Gasteiger partial charge is 0.326 e. The third kappa shape index (κ3) is 3.73. The van der Waals surface area contributed by atoms with Crippen molar-refractivity contribution in [3.63, 3.8) is 0 Å². The van der Waals surface area contributed by atoms with E-state index in [0.717, 1.165) is 22.4 Å². The number of anilines is 2. The van der Waals surface area contributed by atoms with Crippen molar-refractivity contribution in [2.24, 2.45) is 0 Å². The van der Waals surface area contributed by atoms with Crippen LogP contribution in [0.2, 0.25) is 0 Å². The molecule has 2 aromatic rings. The summed E-state index contributed by atoms with van der Waals surface area (Å²) in [6, 6.07) is 11.1. The molecule has 4 heteroatoms. The van der Waals surface area contributed by atoms with Crippen molar-refractivity contribution in [1.82, 2.24) is 0 Å². The lowest BCUT2D eigenvalue weighted by Gasteiger charge is -2.11. The first-order valence-electron chi connectivity index (χ1n) is 7.13. The van der Waals surface area contributed by atoms with Gasteiger partial charge in [0.2, 0.25) is 5.91 Å². The number of benzene rings is 2. The molecule has 22 heavy (non-hydrogen) atoms. The SMILES string of the molecule is CC(=O)Nc1cc(C(=O)Nc2ccc(C)cc2C)ccc1C. The minimum Gasteiger partial charge on any atom is -0.326 e. The predicted molar refractivity (Wildman–Crippen MR) is 89.4 cm³/mol. The van der Waals surface area contributed by atoms with Gasteiger partial charge in [-0.1, -0.05) is 23.8 Å². The van der Waals surface area contributed by atoms with E-state index < -0.39 is 0 Å². The van der Waals surface area contributed by atoms with Crippen molar-refractivity contribution in [2.75, 3.05) is 10.6 Å². The molecule has 0 unspecified atom stereocenters. The summed E-state index contributed by atoms with van der Waals surface area (Å²) in [6.07, 6.45) is 0. The van der Waals surface area contributed by atoms with E-state index in [2.05, 4.69) is 10.6 Å². The first-order valence-corrected chi connectivity index (χ1v) is 7.13. The molecule has 0 aliphatic carbocycles. The first-order chi connectivity index (χ1) is 10.4. The lowest BCUT2D eigenvalue weighted by atomic mass is 10.1. The molecule has 2 amide bonds. The number of hydrogen-bond acceptors (Lipinski definition) is 2. The fourth-order valence-corrected chi connectivity index (χ4v) is 2.24. The van der Waals surface area contributed by atoms with Gasteiger partial charge in [0.05, 0.1) is 0 Å². The van der Waals surface area contributed by atoms with Crippen LogP contribution < -0.4 is 10.6 Å². The van der Waals surface area contributed by atoms with E-state index in [4.69, 9.17) is 0 Å². The van der Waals surface area contributed by atoms with E-state index in [1.165, 1.54) is 6.92 Å². The molecule has 0 radical (unpaired) electrons. The highest BCUT2D eigenvalue weighted by Gasteiger charge is 2.10. The van der Waals surface area contributed by atoms with Crippen LogP contribution in [0.15, 0.2) is 36.4 Å². The standard InChI is InChI=1S/C18H20N2O2/c1-11-5-8-16(13(3)9-11)20-18(22)15-7-6-12(2)17(10-15)19-14(4)21/h5-10H,1-4H3,(H,19,21)(H,20,22). The molecule has 0 spiro atoms. The Morgan fingerprint density at radius 1 is 0.818 bits per heavy atom. The van der Waals surface area contributed by atoms with Gasteiger partial charge in [0, 0.05) is 23.9 Å². The molecule has 0 saturated heterocycles. The summed E-state index contributed by atoms with van der Waals surface area (Å²) in [4.78, 5) is 23.6. The van der Waals surface area contributed by atoms with Gasteiger partial charge in [-0.2, -0.15) is 0 Å². The summed E-state index contributed by atoms with van der Waals surface area (Å²) < 4.78 is 0. The second-order valence-corrected chi connectivity index (χ2v) is 5.48. The van der Waals surface area contributed by atoms with E-state index in [0.29, 0.717) is 11.3 Å². The monoisotopic (exact) mass is 296 g/mol. The summed E-state index contributed by atoms with van der Waals surface area (Å²) in [5.41, 5.74) is 5.03. The van der Waals surface area contributed by atoms with E-state index in [-0.39, 0.29) is 11.8 Å². The maximum atomic E-state index is 12.4. The van der Waals surface area contributed by atoms with Crippen LogP contribution in [0.4, 0.5) is 11.4 Å². The smallest absolute Gasteiger partial charge is 0.255 e. The molecule has 0 fully saturated rings. The minimum absolute atomic E-state index is 0.157. The summed E-state index contributed by atoms with van der Waals surface area (Å²) >= 11 is 0. The van der Waals surface area contributed by atoms with Crippen LogP contribution >= 0.6 is 0 Å². The van der Waals surface area contributed by atoms with E-state index >= 15 is 0 Å². The van der Waals surface area contributed by atoms with Crippen LogP contribution in [0.25, 0.3) is 0 Å². The average molecular weight is 296 g/mol. The summed E-state index contributed by atoms with van der Waals surface area (Å²) in [6.45, 7) is 7.30. The van der Waals surface area contributed by atoms with Crippen LogP contribution in [0, 0.1) is 20.8 Å². The Kier molecular flexibility index (Phi) is 4.61. The fraction of sp³-hybridized carbons (Fsp3) is 0.222. The molecule has 0 bridgehead atoms. The number of hydrogen-bond donors (Lipinski definition) is 2. The third-order valence-electron chi connectivity index (χ3n) is 3.44. The molecular formula is C18H20N2O2. The van der Waals surface area contributed by atoms with Crippen LogP contribution in [-0.2, 0) is 4.79 Å². The number of aryl methyl sites for hydroxylation is 3. The zero-order valence-electron chi connectivity index (χ0n) is 13.3. The van der Waals surface area contributed by atoms with Gasteiger partial charge in [0.1, 0.15) is 0 Å². The van der Waals surface area contributed by atoms with Gasteiger partial charge in [-0.3, -0.25) is 9.59 Å². The van der Waals surface area contributed by atoms with E-state index in [1.54, 1.807) is 12.1 Å². The molecule has 0 aromatic heterocycles. The van der Waals surface area contributed by atoms with Crippen molar-refractivity contribution in [3.05, 3.63) is 58.7 Å². The first kappa shape index (κ1) is 15.8. The molecule has 0 atom stereocenters. The molecule has 2 rings (SSSR count). The van der Waals surface area contributed by atoms with E-state index in [1.807, 2.05) is 45.0 Å². The lowest BCUT2D eigenvalue weighted by Crippen LogP contribution is -2.14. The average Bonchev–Trinajstić information content (AvgIpc) is 2.43. The maximum absolute atomic E-state index is 12.4. The molecular weight excluding hydrogens is 276 g/mol. The van der Waals surface area contributed by atoms with Crippen LogP contribution in [0.1, 0.15) is 34.0 Å².